The molecule has 0 unspecified atom stereocenters. The number of amides is 1. The molecule has 0 aliphatic rings. The van der Waals surface area contributed by atoms with Crippen molar-refractivity contribution in [2.75, 3.05) is 14.1 Å². The summed E-state index contributed by atoms with van der Waals surface area (Å²) in [5.74, 6) is -0.267. The average molecular weight is 192 g/mol. The molecule has 0 aliphatic carbocycles. The van der Waals surface area contributed by atoms with Crippen LogP contribution in [-0.2, 0) is 0 Å². The Hall–Kier alpha value is -1.91. The predicted octanol–water partition coefficient (Wildman–Crippen LogP) is 0.316. The second-order valence-corrected chi connectivity index (χ2v) is 2.89. The summed E-state index contributed by atoms with van der Waals surface area (Å²) in [7, 11) is 3.64. The van der Waals surface area contributed by atoms with Gasteiger partial charge in [-0.15, -0.1) is 0 Å². The number of rotatable bonds is 3. The molecule has 0 atom stereocenters. The van der Waals surface area contributed by atoms with Crippen molar-refractivity contribution in [3.05, 3.63) is 30.1 Å². The highest BCUT2D eigenvalue weighted by atomic mass is 16.2. The Balaban J connectivity index is 2.52. The van der Waals surface area contributed by atoms with Gasteiger partial charge in [0.05, 0.1) is 5.56 Å². The van der Waals surface area contributed by atoms with Gasteiger partial charge in [0.2, 0.25) is 0 Å². The monoisotopic (exact) mass is 192 g/mol. The van der Waals surface area contributed by atoms with Crippen molar-refractivity contribution in [1.82, 2.24) is 15.3 Å². The van der Waals surface area contributed by atoms with Gasteiger partial charge >= 0.3 is 0 Å². The number of nitrogens with one attached hydrogen (secondary N) is 1. The molecule has 5 nitrogen and oxygen atoms in total. The largest absolute Gasteiger partial charge is 0.367 e. The maximum Gasteiger partial charge on any atom is 0.272 e. The van der Waals surface area contributed by atoms with Crippen molar-refractivity contribution in [3.63, 3.8) is 0 Å². The number of carbonyl (C=O) groups excluding carboxylic acids is 1. The van der Waals surface area contributed by atoms with Crippen LogP contribution in [0.25, 0.3) is 0 Å². The lowest BCUT2D eigenvalue weighted by Gasteiger charge is -2.02. The lowest BCUT2D eigenvalue weighted by atomic mass is 10.3. The van der Waals surface area contributed by atoms with E-state index < -0.39 is 0 Å². The number of hydrogen-bond donors (Lipinski definition) is 1. The van der Waals surface area contributed by atoms with Crippen LogP contribution in [0.2, 0.25) is 0 Å². The SMILES string of the molecule is CN(C)/C=N/NC(=O)c1cccnc1. The van der Waals surface area contributed by atoms with Gasteiger partial charge in [-0.2, -0.15) is 5.10 Å². The second kappa shape index (κ2) is 4.96. The molecule has 1 aromatic rings. The van der Waals surface area contributed by atoms with Crippen molar-refractivity contribution in [3.8, 4) is 0 Å². The third-order valence-electron chi connectivity index (χ3n) is 1.38. The highest BCUT2D eigenvalue weighted by Crippen LogP contribution is 1.94. The standard InChI is InChI=1S/C9H12N4O/c1-13(2)7-11-12-9(14)8-4-3-5-10-6-8/h3-7H,1-2H3,(H,12,14)/b11-7+. The molecule has 0 saturated carbocycles. The lowest BCUT2D eigenvalue weighted by Crippen LogP contribution is -2.20. The summed E-state index contributed by atoms with van der Waals surface area (Å²) in [6.45, 7) is 0. The summed E-state index contributed by atoms with van der Waals surface area (Å²) < 4.78 is 0. The first-order chi connectivity index (χ1) is 6.70. The molecule has 0 spiro atoms. The van der Waals surface area contributed by atoms with E-state index in [1.165, 1.54) is 12.5 Å². The lowest BCUT2D eigenvalue weighted by molar-refractivity contribution is 0.0954. The maximum atomic E-state index is 11.3. The number of aromatic nitrogens is 1. The van der Waals surface area contributed by atoms with Gasteiger partial charge in [0.1, 0.15) is 6.34 Å². The summed E-state index contributed by atoms with van der Waals surface area (Å²) in [5, 5.41) is 3.72. The first-order valence-electron chi connectivity index (χ1n) is 4.10. The van der Waals surface area contributed by atoms with Crippen LogP contribution in [-0.4, -0.2) is 36.2 Å². The normalized spacial score (nSPS) is 10.1. The van der Waals surface area contributed by atoms with E-state index >= 15 is 0 Å². The molecule has 14 heavy (non-hydrogen) atoms. The Labute approximate surface area is 82.4 Å². The molecule has 0 saturated heterocycles. The third kappa shape index (κ3) is 3.22. The maximum absolute atomic E-state index is 11.3. The van der Waals surface area contributed by atoms with Crippen LogP contribution in [0.15, 0.2) is 29.6 Å². The van der Waals surface area contributed by atoms with Crippen LogP contribution in [0.1, 0.15) is 10.4 Å². The zero-order chi connectivity index (χ0) is 10.4. The highest BCUT2D eigenvalue weighted by molar-refractivity contribution is 5.93. The molecule has 0 fully saturated rings. The van der Waals surface area contributed by atoms with Crippen LogP contribution in [0.5, 0.6) is 0 Å². The zero-order valence-corrected chi connectivity index (χ0v) is 8.14. The molecule has 0 radical (unpaired) electrons. The van der Waals surface area contributed by atoms with Crippen LogP contribution in [0, 0.1) is 0 Å². The van der Waals surface area contributed by atoms with Gasteiger partial charge < -0.3 is 4.90 Å². The van der Waals surface area contributed by atoms with Crippen molar-refractivity contribution in [2.45, 2.75) is 0 Å². The Bertz CT molecular complexity index is 321. The Kier molecular flexibility index (Phi) is 3.60. The van der Waals surface area contributed by atoms with E-state index in [9.17, 15) is 4.79 Å². The molecule has 1 heterocycles. The Morgan fingerprint density at radius 3 is 3.00 bits per heavy atom. The molecule has 74 valence electrons. The molecule has 0 aliphatic heterocycles. The Morgan fingerprint density at radius 1 is 1.64 bits per heavy atom. The first-order valence-corrected chi connectivity index (χ1v) is 4.10. The van der Waals surface area contributed by atoms with Crippen LogP contribution in [0.3, 0.4) is 0 Å². The van der Waals surface area contributed by atoms with E-state index in [0.717, 1.165) is 0 Å². The Morgan fingerprint density at radius 2 is 2.43 bits per heavy atom. The molecular formula is C9H12N4O. The topological polar surface area (TPSA) is 57.6 Å². The van der Waals surface area contributed by atoms with Crippen LogP contribution >= 0.6 is 0 Å². The summed E-state index contributed by atoms with van der Waals surface area (Å²) in [5.41, 5.74) is 2.87. The number of carbonyl (C=O) groups is 1. The molecule has 1 amide bonds. The van der Waals surface area contributed by atoms with Crippen molar-refractivity contribution < 1.29 is 4.79 Å². The minimum Gasteiger partial charge on any atom is -0.367 e. The molecule has 0 aromatic carbocycles. The van der Waals surface area contributed by atoms with E-state index in [4.69, 9.17) is 0 Å². The minimum atomic E-state index is -0.267. The minimum absolute atomic E-state index is 0.267. The molecule has 1 rings (SSSR count). The number of pyridine rings is 1. The van der Waals surface area contributed by atoms with E-state index in [1.54, 1.807) is 23.2 Å². The molecule has 0 bridgehead atoms. The second-order valence-electron chi connectivity index (χ2n) is 2.89. The fourth-order valence-electron chi connectivity index (χ4n) is 0.765. The van der Waals surface area contributed by atoms with Gasteiger partial charge in [0.15, 0.2) is 0 Å². The fraction of sp³-hybridized carbons (Fsp3) is 0.222. The van der Waals surface area contributed by atoms with Gasteiger partial charge in [-0.25, -0.2) is 5.43 Å². The number of hydrogen-bond acceptors (Lipinski definition) is 3. The zero-order valence-electron chi connectivity index (χ0n) is 8.14. The van der Waals surface area contributed by atoms with Gasteiger partial charge in [0.25, 0.3) is 5.91 Å². The van der Waals surface area contributed by atoms with Crippen molar-refractivity contribution in [2.24, 2.45) is 5.10 Å². The predicted molar refractivity (Wildman–Crippen MR) is 53.9 cm³/mol. The van der Waals surface area contributed by atoms with Crippen molar-refractivity contribution in [1.29, 1.82) is 0 Å². The number of hydrazone groups is 1. The molecular weight excluding hydrogens is 180 g/mol. The summed E-state index contributed by atoms with van der Waals surface area (Å²) >= 11 is 0. The fourth-order valence-corrected chi connectivity index (χ4v) is 0.765. The molecule has 1 aromatic heterocycles. The first kappa shape index (κ1) is 10.2. The van der Waals surface area contributed by atoms with E-state index in [-0.39, 0.29) is 5.91 Å². The van der Waals surface area contributed by atoms with Gasteiger partial charge in [-0.1, -0.05) is 0 Å². The smallest absolute Gasteiger partial charge is 0.272 e. The highest BCUT2D eigenvalue weighted by Gasteiger charge is 2.01. The quantitative estimate of drug-likeness (QED) is 0.426. The van der Waals surface area contributed by atoms with Gasteiger partial charge in [0, 0.05) is 26.5 Å². The summed E-state index contributed by atoms with van der Waals surface area (Å²) in [4.78, 5) is 16.9. The summed E-state index contributed by atoms with van der Waals surface area (Å²) in [6, 6.07) is 3.37. The molecule has 1 N–H and O–H groups in total. The van der Waals surface area contributed by atoms with Gasteiger partial charge in [-0.3, -0.25) is 9.78 Å². The van der Waals surface area contributed by atoms with Crippen molar-refractivity contribution >= 4 is 12.2 Å². The van der Waals surface area contributed by atoms with Crippen LogP contribution in [0.4, 0.5) is 0 Å². The average Bonchev–Trinajstić information content (AvgIpc) is 2.18. The van der Waals surface area contributed by atoms with Crippen LogP contribution < -0.4 is 5.43 Å². The summed E-state index contributed by atoms with van der Waals surface area (Å²) in [6.07, 6.45) is 4.61. The third-order valence-corrected chi connectivity index (χ3v) is 1.38. The van der Waals surface area contributed by atoms with E-state index in [1.807, 2.05) is 14.1 Å². The van der Waals surface area contributed by atoms with E-state index in [0.29, 0.717) is 5.56 Å². The molecule has 5 heteroatoms. The van der Waals surface area contributed by atoms with E-state index in [2.05, 4.69) is 15.5 Å². The van der Waals surface area contributed by atoms with Gasteiger partial charge in [-0.05, 0) is 12.1 Å². The number of nitrogens with zero attached hydrogens (tertiary/aromatic N) is 3.